The fourth-order valence-corrected chi connectivity index (χ4v) is 3.39. The van der Waals surface area contributed by atoms with Crippen LogP contribution in [0.15, 0.2) is 53.6 Å². The Kier molecular flexibility index (Phi) is 5.80. The number of alkyl halides is 3. The summed E-state index contributed by atoms with van der Waals surface area (Å²) in [5.74, 6) is -1.33. The summed E-state index contributed by atoms with van der Waals surface area (Å²) in [6, 6.07) is 15.0. The maximum absolute atomic E-state index is 13.0. The highest BCUT2D eigenvalue weighted by atomic mass is 32.2. The van der Waals surface area contributed by atoms with Gasteiger partial charge in [0.2, 0.25) is 11.7 Å². The maximum atomic E-state index is 13.0. The number of amides is 1. The molecule has 1 N–H and O–H groups in total. The van der Waals surface area contributed by atoms with Crippen molar-refractivity contribution in [3.8, 4) is 6.07 Å². The molecule has 0 bridgehead atoms. The van der Waals surface area contributed by atoms with Crippen LogP contribution in [0.5, 0.6) is 0 Å². The number of carbonyl (C=O) groups is 1. The van der Waals surface area contributed by atoms with E-state index in [0.717, 1.165) is 11.8 Å². The molecule has 3 rings (SSSR count). The molecule has 0 fully saturated rings. The summed E-state index contributed by atoms with van der Waals surface area (Å²) in [5.41, 5.74) is 0.923. The number of para-hydroxylation sites is 2. The summed E-state index contributed by atoms with van der Waals surface area (Å²) in [7, 11) is 0. The van der Waals surface area contributed by atoms with E-state index in [1.165, 1.54) is 6.07 Å². The Bertz CT molecular complexity index is 1060. The average Bonchev–Trinajstić information content (AvgIpc) is 2.67. The third-order valence-electron chi connectivity index (χ3n) is 3.71. The predicted octanol–water partition coefficient (Wildman–Crippen LogP) is 4.64. The van der Waals surface area contributed by atoms with Crippen molar-refractivity contribution < 1.29 is 18.0 Å². The van der Waals surface area contributed by atoms with Gasteiger partial charge in [0.1, 0.15) is 11.1 Å². The van der Waals surface area contributed by atoms with E-state index in [-0.39, 0.29) is 28.6 Å². The lowest BCUT2D eigenvalue weighted by atomic mass is 10.2. The van der Waals surface area contributed by atoms with Crippen molar-refractivity contribution in [2.45, 2.75) is 17.6 Å². The molecule has 2 aromatic carbocycles. The van der Waals surface area contributed by atoms with Crippen molar-refractivity contribution in [2.24, 2.45) is 0 Å². The minimum atomic E-state index is -4.66. The fourth-order valence-electron chi connectivity index (χ4n) is 2.43. The highest BCUT2D eigenvalue weighted by molar-refractivity contribution is 7.99. The van der Waals surface area contributed by atoms with Gasteiger partial charge < -0.3 is 5.32 Å². The standard InChI is InChI=1S/C19H13F3N4OS/c20-19(21,22)18-25-15-8-4-2-6-13(15)17(26-18)28-10-9-16(27)24-14-7-3-1-5-12(14)11-23/h1-8H,9-10H2,(H,24,27). The van der Waals surface area contributed by atoms with E-state index < -0.39 is 12.0 Å². The van der Waals surface area contributed by atoms with Gasteiger partial charge in [0, 0.05) is 17.6 Å². The molecule has 142 valence electrons. The van der Waals surface area contributed by atoms with Crippen LogP contribution in [0.3, 0.4) is 0 Å². The maximum Gasteiger partial charge on any atom is 0.451 e. The summed E-state index contributed by atoms with van der Waals surface area (Å²) in [6.07, 6.45) is -4.61. The molecule has 1 amide bonds. The Balaban J connectivity index is 1.71. The summed E-state index contributed by atoms with van der Waals surface area (Å²) in [4.78, 5) is 19.3. The lowest BCUT2D eigenvalue weighted by Crippen LogP contribution is -2.14. The molecular weight excluding hydrogens is 389 g/mol. The first-order chi connectivity index (χ1) is 13.4. The third-order valence-corrected chi connectivity index (χ3v) is 4.70. The minimum Gasteiger partial charge on any atom is -0.325 e. The monoisotopic (exact) mass is 402 g/mol. The number of aromatic nitrogens is 2. The molecule has 0 aliphatic heterocycles. The number of hydrogen-bond donors (Lipinski definition) is 1. The topological polar surface area (TPSA) is 78.7 Å². The van der Waals surface area contributed by atoms with Crippen LogP contribution in [0, 0.1) is 11.3 Å². The second-order valence-corrected chi connectivity index (χ2v) is 6.75. The number of hydrogen-bond acceptors (Lipinski definition) is 5. The Morgan fingerprint density at radius 1 is 1.11 bits per heavy atom. The SMILES string of the molecule is N#Cc1ccccc1NC(=O)CCSc1nc(C(F)(F)F)nc2ccccc12. The van der Waals surface area contributed by atoms with Gasteiger partial charge in [-0.25, -0.2) is 9.97 Å². The van der Waals surface area contributed by atoms with E-state index in [1.807, 2.05) is 6.07 Å². The zero-order valence-corrected chi connectivity index (χ0v) is 15.1. The molecule has 0 radical (unpaired) electrons. The summed E-state index contributed by atoms with van der Waals surface area (Å²) >= 11 is 1.05. The molecule has 0 atom stereocenters. The van der Waals surface area contributed by atoms with Gasteiger partial charge in [-0.1, -0.05) is 30.3 Å². The highest BCUT2D eigenvalue weighted by Gasteiger charge is 2.35. The fraction of sp³-hybridized carbons (Fsp3) is 0.158. The first-order valence-electron chi connectivity index (χ1n) is 8.14. The Morgan fingerprint density at radius 2 is 1.82 bits per heavy atom. The molecule has 1 heterocycles. The molecule has 0 aliphatic carbocycles. The quantitative estimate of drug-likeness (QED) is 0.497. The van der Waals surface area contributed by atoms with Gasteiger partial charge in [-0.15, -0.1) is 11.8 Å². The average molecular weight is 402 g/mol. The number of nitriles is 1. The van der Waals surface area contributed by atoms with Crippen molar-refractivity contribution in [1.82, 2.24) is 9.97 Å². The zero-order chi connectivity index (χ0) is 20.1. The lowest BCUT2D eigenvalue weighted by molar-refractivity contribution is -0.145. The van der Waals surface area contributed by atoms with Crippen LogP contribution < -0.4 is 5.32 Å². The molecule has 9 heteroatoms. The van der Waals surface area contributed by atoms with Crippen LogP contribution >= 0.6 is 11.8 Å². The second-order valence-electron chi connectivity index (χ2n) is 5.67. The van der Waals surface area contributed by atoms with Crippen molar-refractivity contribution in [2.75, 3.05) is 11.1 Å². The van der Waals surface area contributed by atoms with E-state index >= 15 is 0 Å². The van der Waals surface area contributed by atoms with Gasteiger partial charge in [0.15, 0.2) is 0 Å². The Morgan fingerprint density at radius 3 is 2.57 bits per heavy atom. The number of fused-ring (bicyclic) bond motifs is 1. The normalized spacial score (nSPS) is 11.2. The molecule has 0 spiro atoms. The molecule has 0 aliphatic rings. The van der Waals surface area contributed by atoms with Crippen LogP contribution in [0.4, 0.5) is 18.9 Å². The van der Waals surface area contributed by atoms with Gasteiger partial charge in [-0.3, -0.25) is 4.79 Å². The van der Waals surface area contributed by atoms with E-state index in [9.17, 15) is 18.0 Å². The van der Waals surface area contributed by atoms with Crippen LogP contribution in [0.25, 0.3) is 10.9 Å². The molecular formula is C19H13F3N4OS. The lowest BCUT2D eigenvalue weighted by Gasteiger charge is -2.10. The molecule has 5 nitrogen and oxygen atoms in total. The second kappa shape index (κ2) is 8.27. The molecule has 3 aromatic rings. The number of nitrogens with one attached hydrogen (secondary N) is 1. The van der Waals surface area contributed by atoms with E-state index in [0.29, 0.717) is 16.6 Å². The van der Waals surface area contributed by atoms with E-state index in [2.05, 4.69) is 15.3 Å². The van der Waals surface area contributed by atoms with Crippen LogP contribution in [0.2, 0.25) is 0 Å². The number of nitrogens with zero attached hydrogens (tertiary/aromatic N) is 3. The largest absolute Gasteiger partial charge is 0.451 e. The Labute approximate surface area is 162 Å². The summed E-state index contributed by atoms with van der Waals surface area (Å²) in [5, 5.41) is 12.3. The van der Waals surface area contributed by atoms with Gasteiger partial charge in [-0.2, -0.15) is 18.4 Å². The third kappa shape index (κ3) is 4.58. The minimum absolute atomic E-state index is 0.0457. The summed E-state index contributed by atoms with van der Waals surface area (Å²) in [6.45, 7) is 0. The predicted molar refractivity (Wildman–Crippen MR) is 99.7 cm³/mol. The van der Waals surface area contributed by atoms with Crippen molar-refractivity contribution in [3.05, 3.63) is 59.9 Å². The number of benzene rings is 2. The highest BCUT2D eigenvalue weighted by Crippen LogP contribution is 2.32. The number of anilines is 1. The van der Waals surface area contributed by atoms with Crippen LogP contribution in [-0.4, -0.2) is 21.6 Å². The zero-order valence-electron chi connectivity index (χ0n) is 14.3. The first-order valence-corrected chi connectivity index (χ1v) is 9.13. The molecule has 1 aromatic heterocycles. The van der Waals surface area contributed by atoms with E-state index in [4.69, 9.17) is 5.26 Å². The van der Waals surface area contributed by atoms with E-state index in [1.54, 1.807) is 42.5 Å². The van der Waals surface area contributed by atoms with Crippen LogP contribution in [0.1, 0.15) is 17.8 Å². The van der Waals surface area contributed by atoms with Gasteiger partial charge >= 0.3 is 6.18 Å². The van der Waals surface area contributed by atoms with Crippen molar-refractivity contribution in [3.63, 3.8) is 0 Å². The summed E-state index contributed by atoms with van der Waals surface area (Å²) < 4.78 is 39.1. The molecule has 0 saturated heterocycles. The Hall–Kier alpha value is -3.12. The van der Waals surface area contributed by atoms with Crippen molar-refractivity contribution >= 4 is 34.3 Å². The van der Waals surface area contributed by atoms with Gasteiger partial charge in [-0.05, 0) is 18.2 Å². The number of carbonyl (C=O) groups excluding carboxylic acids is 1. The molecule has 28 heavy (non-hydrogen) atoms. The molecule has 0 saturated carbocycles. The smallest absolute Gasteiger partial charge is 0.325 e. The van der Waals surface area contributed by atoms with Gasteiger partial charge in [0.25, 0.3) is 0 Å². The van der Waals surface area contributed by atoms with Crippen molar-refractivity contribution in [1.29, 1.82) is 5.26 Å². The number of halogens is 3. The van der Waals surface area contributed by atoms with Gasteiger partial charge in [0.05, 0.1) is 16.8 Å². The number of thioether (sulfide) groups is 1. The molecule has 0 unspecified atom stereocenters. The number of rotatable bonds is 5. The first kappa shape index (κ1) is 19.6. The van der Waals surface area contributed by atoms with Crippen LogP contribution in [-0.2, 0) is 11.0 Å².